The van der Waals surface area contributed by atoms with Crippen molar-refractivity contribution in [1.29, 1.82) is 0 Å². The average molecular weight is 307 g/mol. The van der Waals surface area contributed by atoms with Gasteiger partial charge < -0.3 is 10.2 Å². The van der Waals surface area contributed by atoms with E-state index in [0.29, 0.717) is 18.1 Å². The highest BCUT2D eigenvalue weighted by atomic mass is 35.5. The lowest BCUT2D eigenvalue weighted by atomic mass is 9.97. The average Bonchev–Trinajstić information content (AvgIpc) is 2.53. The van der Waals surface area contributed by atoms with E-state index in [4.69, 9.17) is 11.6 Å². The number of nitrogens with zero attached hydrogens (tertiary/aromatic N) is 1. The molecule has 1 N–H and O–H groups in total. The highest BCUT2D eigenvalue weighted by Crippen LogP contribution is 2.17. The van der Waals surface area contributed by atoms with Gasteiger partial charge in [-0.3, -0.25) is 9.59 Å². The second kappa shape index (κ2) is 7.27. The van der Waals surface area contributed by atoms with Crippen LogP contribution in [0, 0.1) is 5.92 Å². The van der Waals surface area contributed by atoms with Crippen molar-refractivity contribution in [2.24, 2.45) is 5.92 Å². The van der Waals surface area contributed by atoms with Gasteiger partial charge in [-0.25, -0.2) is 0 Å². The van der Waals surface area contributed by atoms with Crippen LogP contribution in [0.4, 0.5) is 0 Å². The van der Waals surface area contributed by atoms with Gasteiger partial charge in [-0.15, -0.1) is 0 Å². The van der Waals surface area contributed by atoms with Crippen LogP contribution in [0.15, 0.2) is 30.3 Å². The Morgan fingerprint density at radius 3 is 2.71 bits per heavy atom. The Kier molecular flexibility index (Phi) is 5.39. The minimum Gasteiger partial charge on any atom is -0.359 e. The van der Waals surface area contributed by atoms with E-state index in [9.17, 15) is 9.59 Å². The van der Waals surface area contributed by atoms with Gasteiger partial charge in [-0.1, -0.05) is 23.7 Å². The molecule has 0 saturated carbocycles. The van der Waals surface area contributed by atoms with Crippen molar-refractivity contribution in [1.82, 2.24) is 10.2 Å². The van der Waals surface area contributed by atoms with Crippen LogP contribution in [0.2, 0.25) is 5.02 Å². The fourth-order valence-corrected chi connectivity index (χ4v) is 2.57. The number of benzene rings is 1. The number of carbonyl (C=O) groups is 2. The first kappa shape index (κ1) is 15.6. The van der Waals surface area contributed by atoms with Gasteiger partial charge in [0.15, 0.2) is 0 Å². The number of carbonyl (C=O) groups excluding carboxylic acids is 2. The predicted molar refractivity (Wildman–Crippen MR) is 83.9 cm³/mol. The Balaban J connectivity index is 1.96. The fourth-order valence-electron chi connectivity index (χ4n) is 2.44. The van der Waals surface area contributed by atoms with Crippen molar-refractivity contribution in [3.8, 4) is 0 Å². The summed E-state index contributed by atoms with van der Waals surface area (Å²) >= 11 is 5.82. The van der Waals surface area contributed by atoms with E-state index in [1.807, 2.05) is 12.1 Å². The normalized spacial score (nSPS) is 18.8. The van der Waals surface area contributed by atoms with E-state index in [1.54, 1.807) is 36.2 Å². The number of halogens is 1. The third-order valence-corrected chi connectivity index (χ3v) is 3.89. The summed E-state index contributed by atoms with van der Waals surface area (Å²) in [6.45, 7) is 1.20. The zero-order valence-electron chi connectivity index (χ0n) is 12.0. The molecule has 1 atom stereocenters. The maximum absolute atomic E-state index is 12.2. The topological polar surface area (TPSA) is 49.4 Å². The number of piperidine rings is 1. The summed E-state index contributed by atoms with van der Waals surface area (Å²) in [6, 6.07) is 7.29. The van der Waals surface area contributed by atoms with Crippen LogP contribution in [-0.2, 0) is 9.59 Å². The van der Waals surface area contributed by atoms with Crippen LogP contribution in [0.25, 0.3) is 6.08 Å². The van der Waals surface area contributed by atoms with Gasteiger partial charge >= 0.3 is 0 Å². The van der Waals surface area contributed by atoms with E-state index in [2.05, 4.69) is 5.32 Å². The zero-order chi connectivity index (χ0) is 15.2. The van der Waals surface area contributed by atoms with Crippen LogP contribution in [-0.4, -0.2) is 36.9 Å². The lowest BCUT2D eigenvalue weighted by Crippen LogP contribution is -2.44. The molecule has 0 spiro atoms. The van der Waals surface area contributed by atoms with Gasteiger partial charge in [0.2, 0.25) is 11.8 Å². The molecular formula is C16H19ClN2O2. The largest absolute Gasteiger partial charge is 0.359 e. The SMILES string of the molecule is CNC(=O)C1CCCN(C(=O)C=Cc2ccc(Cl)cc2)C1. The maximum atomic E-state index is 12.2. The summed E-state index contributed by atoms with van der Waals surface area (Å²) in [6.07, 6.45) is 5.01. The van der Waals surface area contributed by atoms with Crippen molar-refractivity contribution in [2.75, 3.05) is 20.1 Å². The molecule has 1 unspecified atom stereocenters. The van der Waals surface area contributed by atoms with Gasteiger partial charge in [-0.05, 0) is 36.6 Å². The first-order valence-corrected chi connectivity index (χ1v) is 7.42. The first-order chi connectivity index (χ1) is 10.1. The first-order valence-electron chi connectivity index (χ1n) is 7.04. The lowest BCUT2D eigenvalue weighted by molar-refractivity contribution is -0.131. The molecule has 2 rings (SSSR count). The van der Waals surface area contributed by atoms with Gasteiger partial charge in [-0.2, -0.15) is 0 Å². The third kappa shape index (κ3) is 4.33. The highest BCUT2D eigenvalue weighted by Gasteiger charge is 2.26. The molecule has 0 bridgehead atoms. The van der Waals surface area contributed by atoms with Crippen LogP contribution in [0.3, 0.4) is 0 Å². The molecule has 4 nitrogen and oxygen atoms in total. The predicted octanol–water partition coefficient (Wildman–Crippen LogP) is 2.34. The molecule has 112 valence electrons. The molecule has 21 heavy (non-hydrogen) atoms. The summed E-state index contributed by atoms with van der Waals surface area (Å²) in [7, 11) is 1.63. The molecule has 1 fully saturated rings. The maximum Gasteiger partial charge on any atom is 0.246 e. The molecule has 1 aliphatic rings. The second-order valence-corrected chi connectivity index (χ2v) is 5.56. The molecule has 1 aromatic rings. The van der Waals surface area contributed by atoms with Crippen LogP contribution < -0.4 is 5.32 Å². The van der Waals surface area contributed by atoms with Crippen LogP contribution in [0.5, 0.6) is 0 Å². The Labute approximate surface area is 129 Å². The number of hydrogen-bond acceptors (Lipinski definition) is 2. The number of amides is 2. The van der Waals surface area contributed by atoms with E-state index < -0.39 is 0 Å². The summed E-state index contributed by atoms with van der Waals surface area (Å²) < 4.78 is 0. The molecule has 1 aliphatic heterocycles. The molecular weight excluding hydrogens is 288 g/mol. The summed E-state index contributed by atoms with van der Waals surface area (Å²) in [5.74, 6) is -0.149. The molecule has 5 heteroatoms. The summed E-state index contributed by atoms with van der Waals surface area (Å²) in [5, 5.41) is 3.32. The van der Waals surface area contributed by atoms with E-state index in [-0.39, 0.29) is 17.7 Å². The standard InChI is InChI=1S/C16H19ClN2O2/c1-18-16(21)13-3-2-10-19(11-13)15(20)9-6-12-4-7-14(17)8-5-12/h4-9,13H,2-3,10-11H2,1H3,(H,18,21). The Bertz CT molecular complexity index is 540. The number of likely N-dealkylation sites (tertiary alicyclic amines) is 1. The van der Waals surface area contributed by atoms with E-state index in [0.717, 1.165) is 18.4 Å². The fraction of sp³-hybridized carbons (Fsp3) is 0.375. The minimum atomic E-state index is -0.100. The molecule has 1 heterocycles. The minimum absolute atomic E-state index is 0.00850. The summed E-state index contributed by atoms with van der Waals surface area (Å²) in [5.41, 5.74) is 0.924. The molecule has 0 aromatic heterocycles. The molecule has 0 aliphatic carbocycles. The Hall–Kier alpha value is -1.81. The second-order valence-electron chi connectivity index (χ2n) is 5.12. The number of rotatable bonds is 3. The van der Waals surface area contributed by atoms with Crippen molar-refractivity contribution >= 4 is 29.5 Å². The zero-order valence-corrected chi connectivity index (χ0v) is 12.8. The van der Waals surface area contributed by atoms with Crippen LogP contribution in [0.1, 0.15) is 18.4 Å². The van der Waals surface area contributed by atoms with E-state index in [1.165, 1.54) is 0 Å². The smallest absolute Gasteiger partial charge is 0.246 e. The Morgan fingerprint density at radius 1 is 1.33 bits per heavy atom. The molecule has 1 saturated heterocycles. The van der Waals surface area contributed by atoms with Gasteiger partial charge in [0.25, 0.3) is 0 Å². The lowest BCUT2D eigenvalue weighted by Gasteiger charge is -2.31. The highest BCUT2D eigenvalue weighted by molar-refractivity contribution is 6.30. The monoisotopic (exact) mass is 306 g/mol. The number of hydrogen-bond donors (Lipinski definition) is 1. The molecule has 0 radical (unpaired) electrons. The Morgan fingerprint density at radius 2 is 2.05 bits per heavy atom. The quantitative estimate of drug-likeness (QED) is 0.871. The van der Waals surface area contributed by atoms with E-state index >= 15 is 0 Å². The summed E-state index contributed by atoms with van der Waals surface area (Å²) in [4.78, 5) is 25.6. The van der Waals surface area contributed by atoms with Crippen molar-refractivity contribution in [3.05, 3.63) is 40.9 Å². The van der Waals surface area contributed by atoms with Crippen molar-refractivity contribution in [3.63, 3.8) is 0 Å². The van der Waals surface area contributed by atoms with Crippen LogP contribution >= 0.6 is 11.6 Å². The van der Waals surface area contributed by atoms with Gasteiger partial charge in [0, 0.05) is 31.2 Å². The van der Waals surface area contributed by atoms with Crippen molar-refractivity contribution < 1.29 is 9.59 Å². The van der Waals surface area contributed by atoms with Gasteiger partial charge in [0.1, 0.15) is 0 Å². The molecule has 2 amide bonds. The molecule has 1 aromatic carbocycles. The number of nitrogens with one attached hydrogen (secondary N) is 1. The third-order valence-electron chi connectivity index (χ3n) is 3.64. The van der Waals surface area contributed by atoms with Crippen molar-refractivity contribution in [2.45, 2.75) is 12.8 Å². The van der Waals surface area contributed by atoms with Gasteiger partial charge in [0.05, 0.1) is 5.92 Å².